The van der Waals surface area contributed by atoms with Gasteiger partial charge in [-0.15, -0.1) is 0 Å². The van der Waals surface area contributed by atoms with E-state index in [2.05, 4.69) is 0 Å². The fourth-order valence-electron chi connectivity index (χ4n) is 3.26. The van der Waals surface area contributed by atoms with Gasteiger partial charge in [0.15, 0.2) is 6.10 Å². The lowest BCUT2D eigenvalue weighted by Crippen LogP contribution is -2.38. The number of carbonyl (C=O) groups is 3. The first-order valence-electron chi connectivity index (χ1n) is 7.22. The molecule has 1 saturated heterocycles. The standard InChI is InChI=1S/C14H21NO5/c16-10(12(18)19)5-8-15-11(17)9-14(13(15)20)6-3-1-2-4-7-14/h10,16H,1-9H2,(H,18,19). The Labute approximate surface area is 117 Å². The van der Waals surface area contributed by atoms with E-state index < -0.39 is 17.5 Å². The fraction of sp³-hybridized carbons (Fsp3) is 0.786. The van der Waals surface area contributed by atoms with Crippen LogP contribution >= 0.6 is 0 Å². The van der Waals surface area contributed by atoms with Gasteiger partial charge in [-0.1, -0.05) is 25.7 Å². The summed E-state index contributed by atoms with van der Waals surface area (Å²) in [4.78, 5) is 36.3. The minimum absolute atomic E-state index is 0.00706. The van der Waals surface area contributed by atoms with Crippen molar-refractivity contribution in [1.82, 2.24) is 4.90 Å². The summed E-state index contributed by atoms with van der Waals surface area (Å²) in [6, 6.07) is 0. The molecule has 2 aliphatic rings. The van der Waals surface area contributed by atoms with Crippen LogP contribution in [0.5, 0.6) is 0 Å². The van der Waals surface area contributed by atoms with Crippen LogP contribution in [0, 0.1) is 5.41 Å². The molecule has 1 aliphatic carbocycles. The number of carboxylic acid groups (broad SMARTS) is 1. The minimum atomic E-state index is -1.53. The van der Waals surface area contributed by atoms with Crippen LogP contribution in [-0.2, 0) is 14.4 Å². The molecule has 1 aliphatic heterocycles. The maximum Gasteiger partial charge on any atom is 0.332 e. The molecule has 6 nitrogen and oxygen atoms in total. The van der Waals surface area contributed by atoms with Gasteiger partial charge in [0.2, 0.25) is 11.8 Å². The van der Waals surface area contributed by atoms with Crippen LogP contribution in [0.2, 0.25) is 0 Å². The predicted octanol–water partition coefficient (Wildman–Crippen LogP) is 0.921. The van der Waals surface area contributed by atoms with Crippen LogP contribution in [0.15, 0.2) is 0 Å². The molecule has 1 unspecified atom stereocenters. The minimum Gasteiger partial charge on any atom is -0.479 e. The Morgan fingerprint density at radius 1 is 1.20 bits per heavy atom. The molecule has 20 heavy (non-hydrogen) atoms. The van der Waals surface area contributed by atoms with Crippen molar-refractivity contribution in [2.45, 2.75) is 57.5 Å². The highest BCUT2D eigenvalue weighted by molar-refractivity contribution is 6.05. The SMILES string of the molecule is O=C(O)C(O)CCN1C(=O)CC2(CCCCCC2)C1=O. The van der Waals surface area contributed by atoms with E-state index in [1.54, 1.807) is 0 Å². The maximum absolute atomic E-state index is 12.5. The summed E-state index contributed by atoms with van der Waals surface area (Å²) in [5.74, 6) is -1.72. The first-order chi connectivity index (χ1) is 9.46. The third kappa shape index (κ3) is 2.85. The van der Waals surface area contributed by atoms with Crippen molar-refractivity contribution in [3.05, 3.63) is 0 Å². The third-order valence-electron chi connectivity index (χ3n) is 4.46. The number of rotatable bonds is 4. The van der Waals surface area contributed by atoms with Gasteiger partial charge in [0.05, 0.1) is 5.41 Å². The second kappa shape index (κ2) is 5.91. The number of amides is 2. The Kier molecular flexibility index (Phi) is 4.42. The smallest absolute Gasteiger partial charge is 0.332 e. The van der Waals surface area contributed by atoms with Crippen molar-refractivity contribution < 1.29 is 24.6 Å². The molecular formula is C14H21NO5. The van der Waals surface area contributed by atoms with Gasteiger partial charge in [0.1, 0.15) is 0 Å². The van der Waals surface area contributed by atoms with Crippen LogP contribution in [0.4, 0.5) is 0 Å². The number of aliphatic hydroxyl groups is 1. The van der Waals surface area contributed by atoms with E-state index >= 15 is 0 Å². The molecule has 1 atom stereocenters. The highest BCUT2D eigenvalue weighted by atomic mass is 16.4. The molecular weight excluding hydrogens is 262 g/mol. The van der Waals surface area contributed by atoms with E-state index in [-0.39, 0.29) is 31.2 Å². The molecule has 1 saturated carbocycles. The molecule has 2 N–H and O–H groups in total. The molecule has 1 spiro atoms. The lowest BCUT2D eigenvalue weighted by atomic mass is 9.79. The number of nitrogens with zero attached hydrogens (tertiary/aromatic N) is 1. The number of imide groups is 1. The van der Waals surface area contributed by atoms with Gasteiger partial charge in [0.25, 0.3) is 0 Å². The number of hydrogen-bond acceptors (Lipinski definition) is 4. The zero-order chi connectivity index (χ0) is 14.8. The number of likely N-dealkylation sites (tertiary alicyclic amines) is 1. The Bertz CT molecular complexity index is 412. The molecule has 0 aromatic carbocycles. The summed E-state index contributed by atoms with van der Waals surface area (Å²) < 4.78 is 0. The van der Waals surface area contributed by atoms with Gasteiger partial charge >= 0.3 is 5.97 Å². The molecule has 112 valence electrons. The van der Waals surface area contributed by atoms with Crippen molar-refractivity contribution in [2.24, 2.45) is 5.41 Å². The van der Waals surface area contributed by atoms with Crippen LogP contribution in [0.3, 0.4) is 0 Å². The second-order valence-corrected chi connectivity index (χ2v) is 5.86. The second-order valence-electron chi connectivity index (χ2n) is 5.86. The Hall–Kier alpha value is -1.43. The first kappa shape index (κ1) is 15.0. The zero-order valence-corrected chi connectivity index (χ0v) is 11.5. The summed E-state index contributed by atoms with van der Waals surface area (Å²) >= 11 is 0. The van der Waals surface area contributed by atoms with Crippen LogP contribution in [0.1, 0.15) is 51.4 Å². The monoisotopic (exact) mass is 283 g/mol. The molecule has 2 fully saturated rings. The topological polar surface area (TPSA) is 94.9 Å². The molecule has 2 amide bonds. The maximum atomic E-state index is 12.5. The lowest BCUT2D eigenvalue weighted by molar-refractivity contribution is -0.149. The molecule has 0 aromatic heterocycles. The van der Waals surface area contributed by atoms with Crippen molar-refractivity contribution in [1.29, 1.82) is 0 Å². The summed E-state index contributed by atoms with van der Waals surface area (Å²) in [5.41, 5.74) is -0.554. The number of carbonyl (C=O) groups excluding carboxylic acids is 2. The van der Waals surface area contributed by atoms with E-state index in [0.717, 1.165) is 43.4 Å². The summed E-state index contributed by atoms with van der Waals surface area (Å²) in [7, 11) is 0. The molecule has 6 heteroatoms. The summed E-state index contributed by atoms with van der Waals surface area (Å²) in [6.45, 7) is -0.00706. The van der Waals surface area contributed by atoms with E-state index in [4.69, 9.17) is 5.11 Å². The highest BCUT2D eigenvalue weighted by Gasteiger charge is 2.50. The van der Waals surface area contributed by atoms with E-state index in [9.17, 15) is 19.5 Å². The van der Waals surface area contributed by atoms with Crippen molar-refractivity contribution in [3.63, 3.8) is 0 Å². The number of aliphatic hydroxyl groups excluding tert-OH is 1. The summed E-state index contributed by atoms with van der Waals surface area (Å²) in [5, 5.41) is 17.9. The number of hydrogen-bond donors (Lipinski definition) is 2. The van der Waals surface area contributed by atoms with Crippen molar-refractivity contribution in [2.75, 3.05) is 6.54 Å². The molecule has 0 radical (unpaired) electrons. The Morgan fingerprint density at radius 3 is 2.35 bits per heavy atom. The highest BCUT2D eigenvalue weighted by Crippen LogP contribution is 2.44. The normalized spacial score (nSPS) is 23.9. The molecule has 0 bridgehead atoms. The quantitative estimate of drug-likeness (QED) is 0.748. The number of aliphatic carboxylic acids is 1. The van der Waals surface area contributed by atoms with Crippen molar-refractivity contribution in [3.8, 4) is 0 Å². The summed E-state index contributed by atoms with van der Waals surface area (Å²) in [6.07, 6.45) is 4.22. The van der Waals surface area contributed by atoms with Crippen molar-refractivity contribution >= 4 is 17.8 Å². The van der Waals surface area contributed by atoms with Crippen LogP contribution in [0.25, 0.3) is 0 Å². The van der Waals surface area contributed by atoms with Gasteiger partial charge in [-0.05, 0) is 12.8 Å². The van der Waals surface area contributed by atoms with E-state index in [0.29, 0.717) is 0 Å². The van der Waals surface area contributed by atoms with E-state index in [1.807, 2.05) is 0 Å². The fourth-order valence-corrected chi connectivity index (χ4v) is 3.26. The average Bonchev–Trinajstić information content (AvgIpc) is 2.59. The van der Waals surface area contributed by atoms with Gasteiger partial charge in [-0.3, -0.25) is 14.5 Å². The Balaban J connectivity index is 2.02. The van der Waals surface area contributed by atoms with Gasteiger partial charge in [0, 0.05) is 19.4 Å². The van der Waals surface area contributed by atoms with Gasteiger partial charge < -0.3 is 10.2 Å². The third-order valence-corrected chi connectivity index (χ3v) is 4.46. The number of carboxylic acids is 1. The first-order valence-corrected chi connectivity index (χ1v) is 7.22. The Morgan fingerprint density at radius 2 is 1.80 bits per heavy atom. The lowest BCUT2D eigenvalue weighted by Gasteiger charge is -2.25. The van der Waals surface area contributed by atoms with E-state index in [1.165, 1.54) is 0 Å². The molecule has 2 rings (SSSR count). The predicted molar refractivity (Wildman–Crippen MR) is 69.7 cm³/mol. The van der Waals surface area contributed by atoms with Gasteiger partial charge in [-0.2, -0.15) is 0 Å². The van der Waals surface area contributed by atoms with Crippen LogP contribution in [-0.4, -0.2) is 45.5 Å². The molecule has 0 aromatic rings. The molecule has 1 heterocycles. The average molecular weight is 283 g/mol. The van der Waals surface area contributed by atoms with Crippen LogP contribution < -0.4 is 0 Å². The van der Waals surface area contributed by atoms with Gasteiger partial charge in [-0.25, -0.2) is 4.79 Å². The largest absolute Gasteiger partial charge is 0.479 e. The zero-order valence-electron chi connectivity index (χ0n) is 11.5.